The lowest BCUT2D eigenvalue weighted by molar-refractivity contribution is 0.174. The molecule has 0 aliphatic carbocycles. The first-order chi connectivity index (χ1) is 9.85. The van der Waals surface area contributed by atoms with Crippen molar-refractivity contribution in [2.24, 2.45) is 0 Å². The van der Waals surface area contributed by atoms with Crippen LogP contribution in [-0.4, -0.2) is 24.0 Å². The van der Waals surface area contributed by atoms with Gasteiger partial charge in [-0.05, 0) is 30.8 Å². The van der Waals surface area contributed by atoms with Crippen molar-refractivity contribution in [3.05, 3.63) is 41.6 Å². The molecule has 0 radical (unpaired) electrons. The zero-order valence-corrected chi connectivity index (χ0v) is 11.1. The highest BCUT2D eigenvalue weighted by atomic mass is 16.7. The van der Waals surface area contributed by atoms with E-state index in [-0.39, 0.29) is 6.79 Å². The standard InChI is InChI=1S/C14H15N3O3/c1-15-7-11-3-5-14(17-16-11)18-8-10-2-4-12-13(6-10)20-9-19-12/h2-6,15H,7-9H2,1H3. The van der Waals surface area contributed by atoms with Gasteiger partial charge in [0.05, 0.1) is 5.69 Å². The maximum Gasteiger partial charge on any atom is 0.233 e. The molecule has 0 spiro atoms. The molecule has 104 valence electrons. The smallest absolute Gasteiger partial charge is 0.233 e. The lowest BCUT2D eigenvalue weighted by Crippen LogP contribution is -2.08. The third kappa shape index (κ3) is 2.80. The second kappa shape index (κ2) is 5.75. The van der Waals surface area contributed by atoms with Crippen molar-refractivity contribution in [2.75, 3.05) is 13.8 Å². The van der Waals surface area contributed by atoms with Gasteiger partial charge in [-0.2, -0.15) is 5.10 Å². The number of nitrogens with one attached hydrogen (secondary N) is 1. The molecule has 0 saturated heterocycles. The molecule has 6 heteroatoms. The average molecular weight is 273 g/mol. The predicted molar refractivity (Wildman–Crippen MR) is 71.7 cm³/mol. The van der Waals surface area contributed by atoms with Crippen LogP contribution in [0, 0.1) is 0 Å². The minimum absolute atomic E-state index is 0.276. The van der Waals surface area contributed by atoms with E-state index in [4.69, 9.17) is 14.2 Å². The predicted octanol–water partition coefficient (Wildman–Crippen LogP) is 1.50. The van der Waals surface area contributed by atoms with Gasteiger partial charge >= 0.3 is 0 Å². The SMILES string of the molecule is CNCc1ccc(OCc2ccc3c(c2)OCO3)nn1. The largest absolute Gasteiger partial charge is 0.472 e. The molecule has 1 aromatic carbocycles. The quantitative estimate of drug-likeness (QED) is 0.890. The number of hydrogen-bond donors (Lipinski definition) is 1. The zero-order chi connectivity index (χ0) is 13.8. The van der Waals surface area contributed by atoms with E-state index in [0.717, 1.165) is 22.8 Å². The summed E-state index contributed by atoms with van der Waals surface area (Å²) in [6.07, 6.45) is 0. The first kappa shape index (κ1) is 12.7. The lowest BCUT2D eigenvalue weighted by Gasteiger charge is -2.06. The van der Waals surface area contributed by atoms with Gasteiger partial charge in [0.15, 0.2) is 11.5 Å². The normalized spacial score (nSPS) is 12.4. The molecule has 0 bridgehead atoms. The maximum absolute atomic E-state index is 5.59. The average Bonchev–Trinajstić information content (AvgIpc) is 2.94. The van der Waals surface area contributed by atoms with Gasteiger partial charge in [0.2, 0.25) is 12.7 Å². The molecule has 3 rings (SSSR count). The molecule has 2 heterocycles. The van der Waals surface area contributed by atoms with Gasteiger partial charge < -0.3 is 19.5 Å². The van der Waals surface area contributed by atoms with Crippen molar-refractivity contribution in [2.45, 2.75) is 13.2 Å². The van der Waals surface area contributed by atoms with E-state index < -0.39 is 0 Å². The molecule has 1 N–H and O–H groups in total. The first-order valence-electron chi connectivity index (χ1n) is 6.33. The number of rotatable bonds is 5. The molecule has 20 heavy (non-hydrogen) atoms. The first-order valence-corrected chi connectivity index (χ1v) is 6.33. The minimum Gasteiger partial charge on any atom is -0.472 e. The molecule has 0 amide bonds. The van der Waals surface area contributed by atoms with Crippen molar-refractivity contribution in [3.8, 4) is 17.4 Å². The Morgan fingerprint density at radius 1 is 1.15 bits per heavy atom. The third-order valence-electron chi connectivity index (χ3n) is 2.88. The zero-order valence-electron chi connectivity index (χ0n) is 11.1. The van der Waals surface area contributed by atoms with Crippen LogP contribution in [0.1, 0.15) is 11.3 Å². The van der Waals surface area contributed by atoms with Crippen LogP contribution in [0.4, 0.5) is 0 Å². The van der Waals surface area contributed by atoms with Crippen LogP contribution >= 0.6 is 0 Å². The number of nitrogens with zero attached hydrogens (tertiary/aromatic N) is 2. The van der Waals surface area contributed by atoms with E-state index in [9.17, 15) is 0 Å². The number of benzene rings is 1. The van der Waals surface area contributed by atoms with Crippen LogP contribution in [0.3, 0.4) is 0 Å². The van der Waals surface area contributed by atoms with Crippen molar-refractivity contribution in [1.82, 2.24) is 15.5 Å². The summed E-state index contributed by atoms with van der Waals surface area (Å²) in [5, 5.41) is 11.1. The van der Waals surface area contributed by atoms with Gasteiger partial charge in [-0.3, -0.25) is 0 Å². The Hall–Kier alpha value is -2.34. The molecule has 2 aromatic rings. The van der Waals surface area contributed by atoms with Crippen molar-refractivity contribution >= 4 is 0 Å². The molecular weight excluding hydrogens is 258 g/mol. The topological polar surface area (TPSA) is 65.5 Å². The highest BCUT2D eigenvalue weighted by Gasteiger charge is 2.13. The van der Waals surface area contributed by atoms with E-state index >= 15 is 0 Å². The van der Waals surface area contributed by atoms with Crippen molar-refractivity contribution in [3.63, 3.8) is 0 Å². The molecule has 0 atom stereocenters. The molecule has 0 fully saturated rings. The summed E-state index contributed by atoms with van der Waals surface area (Å²) >= 11 is 0. The Morgan fingerprint density at radius 3 is 2.85 bits per heavy atom. The Morgan fingerprint density at radius 2 is 2.05 bits per heavy atom. The Kier molecular flexibility index (Phi) is 3.64. The fourth-order valence-corrected chi connectivity index (χ4v) is 1.89. The van der Waals surface area contributed by atoms with E-state index in [0.29, 0.717) is 19.0 Å². The van der Waals surface area contributed by atoms with Gasteiger partial charge in [-0.15, -0.1) is 5.10 Å². The van der Waals surface area contributed by atoms with Crippen LogP contribution in [0.25, 0.3) is 0 Å². The molecular formula is C14H15N3O3. The number of ether oxygens (including phenoxy) is 3. The van der Waals surface area contributed by atoms with Crippen LogP contribution in [-0.2, 0) is 13.2 Å². The summed E-state index contributed by atoms with van der Waals surface area (Å²) in [5.74, 6) is 2.02. The van der Waals surface area contributed by atoms with E-state index in [1.54, 1.807) is 0 Å². The van der Waals surface area contributed by atoms with Crippen LogP contribution in [0.5, 0.6) is 17.4 Å². The van der Waals surface area contributed by atoms with Gasteiger partial charge in [0.25, 0.3) is 0 Å². The summed E-state index contributed by atoms with van der Waals surface area (Å²) in [6, 6.07) is 9.43. The second-order valence-electron chi connectivity index (χ2n) is 4.37. The van der Waals surface area contributed by atoms with Gasteiger partial charge in [-0.1, -0.05) is 6.07 Å². The van der Waals surface area contributed by atoms with Crippen molar-refractivity contribution < 1.29 is 14.2 Å². The summed E-state index contributed by atoms with van der Waals surface area (Å²) in [7, 11) is 1.87. The number of hydrogen-bond acceptors (Lipinski definition) is 6. The van der Waals surface area contributed by atoms with Crippen LogP contribution in [0.15, 0.2) is 30.3 Å². The molecule has 1 aliphatic heterocycles. The number of fused-ring (bicyclic) bond motifs is 1. The van der Waals surface area contributed by atoms with E-state index in [1.165, 1.54) is 0 Å². The highest BCUT2D eigenvalue weighted by Crippen LogP contribution is 2.32. The van der Waals surface area contributed by atoms with Crippen LogP contribution < -0.4 is 19.5 Å². The highest BCUT2D eigenvalue weighted by molar-refractivity contribution is 5.44. The van der Waals surface area contributed by atoms with Gasteiger partial charge in [0, 0.05) is 12.6 Å². The minimum atomic E-state index is 0.276. The molecule has 1 aliphatic rings. The van der Waals surface area contributed by atoms with E-state index in [1.807, 2.05) is 37.4 Å². The Bertz CT molecular complexity index is 587. The lowest BCUT2D eigenvalue weighted by atomic mass is 10.2. The molecule has 0 saturated carbocycles. The summed E-state index contributed by atoms with van der Waals surface area (Å²) in [4.78, 5) is 0. The Labute approximate surface area is 116 Å². The fraction of sp³-hybridized carbons (Fsp3) is 0.286. The molecule has 6 nitrogen and oxygen atoms in total. The van der Waals surface area contributed by atoms with Crippen LogP contribution in [0.2, 0.25) is 0 Å². The third-order valence-corrected chi connectivity index (χ3v) is 2.88. The monoisotopic (exact) mass is 273 g/mol. The van der Waals surface area contributed by atoms with Gasteiger partial charge in [0.1, 0.15) is 6.61 Å². The maximum atomic E-state index is 5.59. The van der Waals surface area contributed by atoms with E-state index in [2.05, 4.69) is 15.5 Å². The summed E-state index contributed by atoms with van der Waals surface area (Å²) in [6.45, 7) is 1.38. The fourth-order valence-electron chi connectivity index (χ4n) is 1.89. The second-order valence-corrected chi connectivity index (χ2v) is 4.37. The van der Waals surface area contributed by atoms with Crippen molar-refractivity contribution in [1.29, 1.82) is 0 Å². The summed E-state index contributed by atoms with van der Waals surface area (Å²) in [5.41, 5.74) is 1.87. The molecule has 1 aromatic heterocycles. The summed E-state index contributed by atoms with van der Waals surface area (Å²) < 4.78 is 16.2. The molecule has 0 unspecified atom stereocenters. The number of aromatic nitrogens is 2. The van der Waals surface area contributed by atoms with Gasteiger partial charge in [-0.25, -0.2) is 0 Å². The Balaban J connectivity index is 1.61.